The maximum Gasteiger partial charge on any atom is 0.155 e. The molecule has 0 bridgehead atoms. The summed E-state index contributed by atoms with van der Waals surface area (Å²) < 4.78 is 4.99. The number of hydrogen-bond donors (Lipinski definition) is 2. The van der Waals surface area contributed by atoms with E-state index in [0.29, 0.717) is 6.54 Å². The highest BCUT2D eigenvalue weighted by Gasteiger charge is 1.98. The third kappa shape index (κ3) is 2.73. The molecule has 0 atom stereocenters. The summed E-state index contributed by atoms with van der Waals surface area (Å²) in [6, 6.07) is 5.70. The second-order valence-electron chi connectivity index (χ2n) is 3.29. The van der Waals surface area contributed by atoms with Gasteiger partial charge in [0.25, 0.3) is 0 Å². The Kier molecular flexibility index (Phi) is 3.38. The summed E-state index contributed by atoms with van der Waals surface area (Å²) in [4.78, 5) is 4.19. The van der Waals surface area contributed by atoms with Gasteiger partial charge < -0.3 is 15.2 Å². The molecule has 0 aliphatic heterocycles. The number of rotatable bonds is 5. The van der Waals surface area contributed by atoms with Crippen molar-refractivity contribution in [2.75, 3.05) is 17.2 Å². The predicted molar refractivity (Wildman–Crippen MR) is 62.2 cm³/mol. The van der Waals surface area contributed by atoms with Crippen LogP contribution in [-0.2, 0) is 6.54 Å². The monoisotopic (exact) mass is 218 g/mol. The van der Waals surface area contributed by atoms with E-state index in [-0.39, 0.29) is 0 Å². The molecule has 16 heavy (non-hydrogen) atoms. The summed E-state index contributed by atoms with van der Waals surface area (Å²) >= 11 is 0. The van der Waals surface area contributed by atoms with Crippen LogP contribution in [0.15, 0.2) is 35.1 Å². The molecule has 2 aromatic heterocycles. The van der Waals surface area contributed by atoms with E-state index in [1.54, 1.807) is 12.4 Å². The summed E-state index contributed by atoms with van der Waals surface area (Å²) in [5, 5.41) is 10.0. The van der Waals surface area contributed by atoms with Gasteiger partial charge in [0.15, 0.2) is 5.76 Å². The normalized spacial score (nSPS) is 10.1. The molecular weight excluding hydrogens is 204 g/mol. The number of anilines is 2. The maximum absolute atomic E-state index is 4.99. The lowest BCUT2D eigenvalue weighted by molar-refractivity contribution is 0.388. The Balaban J connectivity index is 1.96. The summed E-state index contributed by atoms with van der Waals surface area (Å²) in [7, 11) is 0. The minimum absolute atomic E-state index is 0.621. The Labute approximate surface area is 93.9 Å². The summed E-state index contributed by atoms with van der Waals surface area (Å²) in [5.41, 5.74) is 1.00. The highest BCUT2D eigenvalue weighted by molar-refractivity contribution is 5.51. The molecule has 2 N–H and O–H groups in total. The van der Waals surface area contributed by atoms with Gasteiger partial charge in [-0.1, -0.05) is 5.16 Å². The zero-order chi connectivity index (χ0) is 11.2. The SMILES string of the molecule is CCNc1cc(NCc2ccno2)ccn1. The van der Waals surface area contributed by atoms with Gasteiger partial charge in [-0.05, 0) is 13.0 Å². The molecule has 5 nitrogen and oxygen atoms in total. The lowest BCUT2D eigenvalue weighted by Crippen LogP contribution is -2.02. The number of pyridine rings is 1. The van der Waals surface area contributed by atoms with E-state index < -0.39 is 0 Å². The molecule has 0 fully saturated rings. The number of aromatic nitrogens is 2. The van der Waals surface area contributed by atoms with Crippen LogP contribution in [0.3, 0.4) is 0 Å². The van der Waals surface area contributed by atoms with Crippen LogP contribution in [0.2, 0.25) is 0 Å². The van der Waals surface area contributed by atoms with Gasteiger partial charge >= 0.3 is 0 Å². The van der Waals surface area contributed by atoms with Gasteiger partial charge in [-0.2, -0.15) is 0 Å². The molecule has 0 amide bonds. The van der Waals surface area contributed by atoms with E-state index in [0.717, 1.165) is 23.8 Å². The first-order valence-electron chi connectivity index (χ1n) is 5.22. The van der Waals surface area contributed by atoms with Crippen LogP contribution in [0.5, 0.6) is 0 Å². The fourth-order valence-electron chi connectivity index (χ4n) is 1.34. The van der Waals surface area contributed by atoms with Crippen LogP contribution in [0.1, 0.15) is 12.7 Å². The second kappa shape index (κ2) is 5.16. The van der Waals surface area contributed by atoms with Crippen LogP contribution in [0.25, 0.3) is 0 Å². The molecule has 0 spiro atoms. The van der Waals surface area contributed by atoms with E-state index in [1.807, 2.05) is 25.1 Å². The quantitative estimate of drug-likeness (QED) is 0.804. The van der Waals surface area contributed by atoms with Crippen molar-refractivity contribution in [3.05, 3.63) is 36.4 Å². The Morgan fingerprint density at radius 1 is 1.25 bits per heavy atom. The molecule has 0 aliphatic rings. The van der Waals surface area contributed by atoms with Crippen molar-refractivity contribution in [1.82, 2.24) is 10.1 Å². The molecule has 2 aromatic rings. The molecule has 5 heteroatoms. The Morgan fingerprint density at radius 2 is 2.19 bits per heavy atom. The molecular formula is C11H14N4O. The Bertz CT molecular complexity index is 427. The third-order valence-electron chi connectivity index (χ3n) is 2.08. The van der Waals surface area contributed by atoms with Crippen molar-refractivity contribution < 1.29 is 4.52 Å². The summed E-state index contributed by atoms with van der Waals surface area (Å²) in [6.07, 6.45) is 3.40. The fourth-order valence-corrected chi connectivity index (χ4v) is 1.34. The number of nitrogens with one attached hydrogen (secondary N) is 2. The van der Waals surface area contributed by atoms with E-state index in [2.05, 4.69) is 20.8 Å². The van der Waals surface area contributed by atoms with Crippen molar-refractivity contribution in [3.63, 3.8) is 0 Å². The molecule has 0 aromatic carbocycles. The van der Waals surface area contributed by atoms with Gasteiger partial charge in [0.2, 0.25) is 0 Å². The van der Waals surface area contributed by atoms with Crippen molar-refractivity contribution in [3.8, 4) is 0 Å². The molecule has 0 radical (unpaired) electrons. The van der Waals surface area contributed by atoms with Crippen LogP contribution in [0.4, 0.5) is 11.5 Å². The van der Waals surface area contributed by atoms with Crippen LogP contribution < -0.4 is 10.6 Å². The first-order valence-corrected chi connectivity index (χ1v) is 5.22. The first kappa shape index (κ1) is 10.5. The van der Waals surface area contributed by atoms with E-state index in [9.17, 15) is 0 Å². The molecule has 84 valence electrons. The zero-order valence-electron chi connectivity index (χ0n) is 9.10. The third-order valence-corrected chi connectivity index (χ3v) is 2.08. The van der Waals surface area contributed by atoms with Gasteiger partial charge in [0.05, 0.1) is 12.7 Å². The van der Waals surface area contributed by atoms with Crippen LogP contribution in [0, 0.1) is 0 Å². The molecule has 2 rings (SSSR count). The predicted octanol–water partition coefficient (Wildman–Crippen LogP) is 2.11. The minimum Gasteiger partial charge on any atom is -0.378 e. The fraction of sp³-hybridized carbons (Fsp3) is 0.273. The molecule has 0 saturated heterocycles. The molecule has 2 heterocycles. The minimum atomic E-state index is 0.621. The van der Waals surface area contributed by atoms with Crippen LogP contribution in [-0.4, -0.2) is 16.7 Å². The van der Waals surface area contributed by atoms with Crippen molar-refractivity contribution in [1.29, 1.82) is 0 Å². The summed E-state index contributed by atoms with van der Waals surface area (Å²) in [6.45, 7) is 3.52. The van der Waals surface area contributed by atoms with Gasteiger partial charge in [0, 0.05) is 30.6 Å². The average molecular weight is 218 g/mol. The summed E-state index contributed by atoms with van der Waals surface area (Å²) in [5.74, 6) is 1.67. The lowest BCUT2D eigenvalue weighted by Gasteiger charge is -2.06. The highest BCUT2D eigenvalue weighted by Crippen LogP contribution is 2.12. The van der Waals surface area contributed by atoms with Gasteiger partial charge in [-0.15, -0.1) is 0 Å². The van der Waals surface area contributed by atoms with Gasteiger partial charge in [-0.3, -0.25) is 0 Å². The largest absolute Gasteiger partial charge is 0.378 e. The van der Waals surface area contributed by atoms with Crippen LogP contribution >= 0.6 is 0 Å². The highest BCUT2D eigenvalue weighted by atomic mass is 16.5. The molecule has 0 aliphatic carbocycles. The smallest absolute Gasteiger partial charge is 0.155 e. The van der Waals surface area contributed by atoms with Crippen molar-refractivity contribution in [2.45, 2.75) is 13.5 Å². The van der Waals surface area contributed by atoms with Crippen molar-refractivity contribution in [2.24, 2.45) is 0 Å². The Hall–Kier alpha value is -2.04. The van der Waals surface area contributed by atoms with E-state index in [4.69, 9.17) is 4.52 Å². The number of hydrogen-bond acceptors (Lipinski definition) is 5. The zero-order valence-corrected chi connectivity index (χ0v) is 9.10. The van der Waals surface area contributed by atoms with Gasteiger partial charge in [0.1, 0.15) is 5.82 Å². The topological polar surface area (TPSA) is 63.0 Å². The number of nitrogens with zero attached hydrogens (tertiary/aromatic N) is 2. The molecule has 0 unspecified atom stereocenters. The van der Waals surface area contributed by atoms with E-state index in [1.165, 1.54) is 0 Å². The average Bonchev–Trinajstić information content (AvgIpc) is 2.80. The second-order valence-corrected chi connectivity index (χ2v) is 3.29. The lowest BCUT2D eigenvalue weighted by atomic mass is 10.3. The van der Waals surface area contributed by atoms with Gasteiger partial charge in [-0.25, -0.2) is 4.98 Å². The maximum atomic E-state index is 4.99. The molecule has 0 saturated carbocycles. The first-order chi connectivity index (χ1) is 7.88. The Morgan fingerprint density at radius 3 is 2.94 bits per heavy atom. The van der Waals surface area contributed by atoms with E-state index >= 15 is 0 Å². The van der Waals surface area contributed by atoms with Crippen molar-refractivity contribution >= 4 is 11.5 Å². The standard InChI is InChI=1S/C11H14N4O/c1-2-12-11-7-9(3-5-13-11)14-8-10-4-6-15-16-10/h3-7H,2,8H2,1H3,(H2,12,13,14).